The lowest BCUT2D eigenvalue weighted by Gasteiger charge is -2.31. The molecule has 2 N–H and O–H groups in total. The number of H-pyrrole nitrogens is 1. The molecule has 1 fully saturated rings. The molecule has 132 valence electrons. The number of hydrogen-bond donors (Lipinski definition) is 2. The van der Waals surface area contributed by atoms with E-state index in [2.05, 4.69) is 21.6 Å². The highest BCUT2D eigenvalue weighted by molar-refractivity contribution is 7.99. The van der Waals surface area contributed by atoms with Crippen LogP contribution in [0.25, 0.3) is 0 Å². The van der Waals surface area contributed by atoms with E-state index in [4.69, 9.17) is 4.74 Å². The molecule has 0 spiro atoms. The number of aromatic nitrogens is 3. The van der Waals surface area contributed by atoms with Gasteiger partial charge >= 0.3 is 5.69 Å². The van der Waals surface area contributed by atoms with Crippen molar-refractivity contribution in [2.24, 2.45) is 0 Å². The van der Waals surface area contributed by atoms with E-state index in [1.54, 1.807) is 7.11 Å². The van der Waals surface area contributed by atoms with Gasteiger partial charge in [-0.3, -0.25) is 9.36 Å². The number of ether oxygens (including phenoxy) is 1. The molecular formula is C15H23N5O3S. The second-order valence-corrected chi connectivity index (χ2v) is 6.84. The summed E-state index contributed by atoms with van der Waals surface area (Å²) in [5.41, 5.74) is -1.03. The van der Waals surface area contributed by atoms with Crippen molar-refractivity contribution in [2.75, 3.05) is 19.5 Å². The van der Waals surface area contributed by atoms with Crippen molar-refractivity contribution in [1.29, 1.82) is 5.26 Å². The van der Waals surface area contributed by atoms with Crippen LogP contribution in [0.2, 0.25) is 0 Å². The maximum absolute atomic E-state index is 12.2. The van der Waals surface area contributed by atoms with Crippen molar-refractivity contribution < 1.29 is 9.53 Å². The zero-order chi connectivity index (χ0) is 17.4. The molecule has 2 rings (SSSR count). The van der Waals surface area contributed by atoms with Crippen LogP contribution in [0.4, 0.5) is 0 Å². The van der Waals surface area contributed by atoms with Gasteiger partial charge in [-0.2, -0.15) is 5.26 Å². The van der Waals surface area contributed by atoms with Crippen molar-refractivity contribution in [3.8, 4) is 6.07 Å². The van der Waals surface area contributed by atoms with E-state index in [0.29, 0.717) is 37.6 Å². The number of nitrogens with one attached hydrogen (secondary N) is 2. The fraction of sp³-hybridized carbons (Fsp3) is 0.733. The Bertz CT molecular complexity index is 642. The molecule has 0 saturated heterocycles. The van der Waals surface area contributed by atoms with Crippen LogP contribution >= 0.6 is 11.8 Å². The summed E-state index contributed by atoms with van der Waals surface area (Å²) in [5, 5.41) is 19.1. The highest BCUT2D eigenvalue weighted by atomic mass is 32.2. The highest BCUT2D eigenvalue weighted by Gasteiger charge is 2.33. The van der Waals surface area contributed by atoms with E-state index >= 15 is 0 Å². The zero-order valence-corrected chi connectivity index (χ0v) is 14.7. The van der Waals surface area contributed by atoms with Crippen molar-refractivity contribution >= 4 is 17.7 Å². The largest absolute Gasteiger partial charge is 0.385 e. The Morgan fingerprint density at radius 1 is 1.50 bits per heavy atom. The maximum Gasteiger partial charge on any atom is 0.343 e. The number of aromatic amines is 1. The summed E-state index contributed by atoms with van der Waals surface area (Å²) < 4.78 is 6.48. The average Bonchev–Trinajstić information content (AvgIpc) is 2.94. The first-order valence-electron chi connectivity index (χ1n) is 8.09. The number of carbonyl (C=O) groups is 1. The summed E-state index contributed by atoms with van der Waals surface area (Å²) in [7, 11) is 1.61. The predicted octanol–water partition coefficient (Wildman–Crippen LogP) is 1.04. The third kappa shape index (κ3) is 4.85. The molecule has 1 aliphatic carbocycles. The van der Waals surface area contributed by atoms with E-state index in [0.717, 1.165) is 19.3 Å². The first kappa shape index (κ1) is 18.5. The molecule has 1 aliphatic rings. The van der Waals surface area contributed by atoms with Gasteiger partial charge in [-0.25, -0.2) is 9.89 Å². The molecule has 0 aliphatic heterocycles. The Labute approximate surface area is 144 Å². The zero-order valence-electron chi connectivity index (χ0n) is 13.8. The van der Waals surface area contributed by atoms with E-state index in [1.165, 1.54) is 16.3 Å². The Morgan fingerprint density at radius 2 is 2.25 bits per heavy atom. The molecule has 1 aromatic rings. The minimum atomic E-state index is -0.737. The van der Waals surface area contributed by atoms with Gasteiger partial charge in [-0.15, -0.1) is 5.10 Å². The first-order chi connectivity index (χ1) is 11.6. The Kier molecular flexibility index (Phi) is 6.87. The van der Waals surface area contributed by atoms with Crippen LogP contribution < -0.4 is 11.0 Å². The van der Waals surface area contributed by atoms with Crippen LogP contribution in [0.3, 0.4) is 0 Å². The smallest absolute Gasteiger partial charge is 0.343 e. The summed E-state index contributed by atoms with van der Waals surface area (Å²) >= 11 is 1.19. The van der Waals surface area contributed by atoms with Crippen LogP contribution in [0.15, 0.2) is 9.95 Å². The van der Waals surface area contributed by atoms with Gasteiger partial charge in [0.05, 0.1) is 11.8 Å². The monoisotopic (exact) mass is 353 g/mol. The third-order valence-electron chi connectivity index (χ3n) is 4.09. The number of carbonyl (C=O) groups excluding carboxylic acids is 1. The van der Waals surface area contributed by atoms with Crippen LogP contribution in [0, 0.1) is 11.3 Å². The molecule has 0 atom stereocenters. The predicted molar refractivity (Wildman–Crippen MR) is 89.6 cm³/mol. The van der Waals surface area contributed by atoms with Crippen LogP contribution in [-0.2, 0) is 16.1 Å². The number of thioether (sulfide) groups is 1. The van der Waals surface area contributed by atoms with Crippen molar-refractivity contribution in [3.05, 3.63) is 10.5 Å². The summed E-state index contributed by atoms with van der Waals surface area (Å²) in [6.45, 7) is 1.03. The molecule has 0 unspecified atom stereocenters. The third-order valence-corrected chi connectivity index (χ3v) is 5.06. The SMILES string of the molecule is COCCCn1c(SCC(=O)NC2(C#N)CCCCC2)n[nH]c1=O. The minimum absolute atomic E-state index is 0.123. The van der Waals surface area contributed by atoms with Gasteiger partial charge in [0.2, 0.25) is 5.91 Å². The summed E-state index contributed by atoms with van der Waals surface area (Å²) in [6.07, 6.45) is 5.11. The second kappa shape index (κ2) is 8.89. The molecule has 1 aromatic heterocycles. The van der Waals surface area contributed by atoms with Gasteiger partial charge in [0, 0.05) is 20.3 Å². The molecule has 0 bridgehead atoms. The lowest BCUT2D eigenvalue weighted by Crippen LogP contribution is -2.49. The van der Waals surface area contributed by atoms with Crippen LogP contribution in [0.5, 0.6) is 0 Å². The van der Waals surface area contributed by atoms with Crippen LogP contribution in [-0.4, -0.2) is 45.7 Å². The molecule has 8 nitrogen and oxygen atoms in total. The molecule has 1 saturated carbocycles. The van der Waals surface area contributed by atoms with Gasteiger partial charge in [0.15, 0.2) is 5.16 Å². The number of amides is 1. The molecule has 1 amide bonds. The molecule has 9 heteroatoms. The lowest BCUT2D eigenvalue weighted by molar-refractivity contribution is -0.120. The number of hydrogen-bond acceptors (Lipinski definition) is 6. The molecule has 1 heterocycles. The van der Waals surface area contributed by atoms with Gasteiger partial charge in [-0.05, 0) is 19.3 Å². The van der Waals surface area contributed by atoms with Crippen LogP contribution in [0.1, 0.15) is 38.5 Å². The molecule has 0 radical (unpaired) electrons. The maximum atomic E-state index is 12.2. The second-order valence-electron chi connectivity index (χ2n) is 5.90. The van der Waals surface area contributed by atoms with E-state index in [-0.39, 0.29) is 17.3 Å². The van der Waals surface area contributed by atoms with Gasteiger partial charge in [-0.1, -0.05) is 31.0 Å². The fourth-order valence-electron chi connectivity index (χ4n) is 2.83. The normalized spacial score (nSPS) is 16.5. The fourth-order valence-corrected chi connectivity index (χ4v) is 3.60. The summed E-state index contributed by atoms with van der Waals surface area (Å²) in [5.74, 6) is -0.0831. The summed E-state index contributed by atoms with van der Waals surface area (Å²) in [4.78, 5) is 23.9. The van der Waals surface area contributed by atoms with Crippen molar-refractivity contribution in [1.82, 2.24) is 20.1 Å². The van der Waals surface area contributed by atoms with E-state index in [1.807, 2.05) is 0 Å². The van der Waals surface area contributed by atoms with Crippen molar-refractivity contribution in [3.63, 3.8) is 0 Å². The van der Waals surface area contributed by atoms with Gasteiger partial charge in [0.1, 0.15) is 5.54 Å². The Hall–Kier alpha value is -1.79. The van der Waals surface area contributed by atoms with Gasteiger partial charge < -0.3 is 10.1 Å². The number of nitrogens with zero attached hydrogens (tertiary/aromatic N) is 3. The number of methoxy groups -OCH3 is 1. The lowest BCUT2D eigenvalue weighted by atomic mass is 9.83. The number of rotatable bonds is 8. The molecule has 24 heavy (non-hydrogen) atoms. The molecule has 0 aromatic carbocycles. The number of nitriles is 1. The van der Waals surface area contributed by atoms with E-state index < -0.39 is 5.54 Å². The highest BCUT2D eigenvalue weighted by Crippen LogP contribution is 2.27. The van der Waals surface area contributed by atoms with E-state index in [9.17, 15) is 14.9 Å². The quantitative estimate of drug-likeness (QED) is 0.533. The standard InChI is InChI=1S/C15H23N5O3S/c1-23-9-5-8-20-13(22)18-19-14(20)24-10-12(21)17-15(11-16)6-3-2-4-7-15/h2-10H2,1H3,(H,17,21)(H,18,22). The topological polar surface area (TPSA) is 113 Å². The average molecular weight is 353 g/mol. The van der Waals surface area contributed by atoms with Crippen molar-refractivity contribution in [2.45, 2.75) is 55.8 Å². The first-order valence-corrected chi connectivity index (χ1v) is 9.08. The minimum Gasteiger partial charge on any atom is -0.385 e. The summed E-state index contributed by atoms with van der Waals surface area (Å²) in [6, 6.07) is 2.26. The van der Waals surface area contributed by atoms with Gasteiger partial charge in [0.25, 0.3) is 0 Å². The Morgan fingerprint density at radius 3 is 2.92 bits per heavy atom. The Balaban J connectivity index is 1.90. The molecular weight excluding hydrogens is 330 g/mol.